The summed E-state index contributed by atoms with van der Waals surface area (Å²) in [6, 6.07) is 2.22. The number of amides is 1. The predicted molar refractivity (Wildman–Crippen MR) is 118 cm³/mol. The molecule has 0 N–H and O–H groups in total. The van der Waals surface area contributed by atoms with Crippen molar-refractivity contribution in [1.82, 2.24) is 19.0 Å². The molecule has 32 heavy (non-hydrogen) atoms. The summed E-state index contributed by atoms with van der Waals surface area (Å²) in [6.45, 7) is 7.09. The van der Waals surface area contributed by atoms with Crippen molar-refractivity contribution < 1.29 is 26.0 Å². The van der Waals surface area contributed by atoms with E-state index >= 15 is 0 Å². The standard InChI is InChI=1S/C20H30N4O6S2/c1-6-23(17-9-11-31(26,27)13-17)20(25)16(4)24-15(3)19(14(2)21-24)32(28,29)22(5)12-18-8-7-10-30-18/h7-8,10,16-17H,6,9,11-13H2,1-5H3. The summed E-state index contributed by atoms with van der Waals surface area (Å²) in [7, 11) is -5.57. The number of rotatable bonds is 8. The number of hydrogen-bond acceptors (Lipinski definition) is 7. The Kier molecular flexibility index (Phi) is 6.87. The van der Waals surface area contributed by atoms with Crippen LogP contribution in [0.3, 0.4) is 0 Å². The number of nitrogens with zero attached hydrogens (tertiary/aromatic N) is 4. The van der Waals surface area contributed by atoms with E-state index in [2.05, 4.69) is 5.10 Å². The second-order valence-electron chi connectivity index (χ2n) is 8.14. The fraction of sp³-hybridized carbons (Fsp3) is 0.600. The van der Waals surface area contributed by atoms with Gasteiger partial charge in [-0.2, -0.15) is 9.40 Å². The van der Waals surface area contributed by atoms with Crippen molar-refractivity contribution in [3.05, 3.63) is 35.5 Å². The van der Waals surface area contributed by atoms with E-state index in [1.54, 1.807) is 44.7 Å². The van der Waals surface area contributed by atoms with Gasteiger partial charge in [0.15, 0.2) is 9.84 Å². The molecule has 2 unspecified atom stereocenters. The average molecular weight is 487 g/mol. The zero-order chi connectivity index (χ0) is 23.8. The van der Waals surface area contributed by atoms with Crippen molar-refractivity contribution in [3.8, 4) is 0 Å². The highest BCUT2D eigenvalue weighted by molar-refractivity contribution is 7.91. The van der Waals surface area contributed by atoms with Crippen molar-refractivity contribution in [1.29, 1.82) is 0 Å². The number of aromatic nitrogens is 2. The second-order valence-corrected chi connectivity index (χ2v) is 12.4. The van der Waals surface area contributed by atoms with Crippen molar-refractivity contribution in [2.75, 3.05) is 25.1 Å². The minimum Gasteiger partial charge on any atom is -0.468 e. The fourth-order valence-electron chi connectivity index (χ4n) is 4.22. The molecule has 2 atom stereocenters. The molecule has 1 fully saturated rings. The molecular weight excluding hydrogens is 456 g/mol. The molecule has 178 valence electrons. The maximum atomic E-state index is 13.2. The predicted octanol–water partition coefficient (Wildman–Crippen LogP) is 1.51. The Morgan fingerprint density at radius 1 is 1.38 bits per heavy atom. The van der Waals surface area contributed by atoms with Crippen molar-refractivity contribution in [2.24, 2.45) is 0 Å². The van der Waals surface area contributed by atoms with Crippen LogP contribution in [0.4, 0.5) is 0 Å². The summed E-state index contributed by atoms with van der Waals surface area (Å²) in [5.74, 6) is 0.244. The Bertz CT molecular complexity index is 1190. The average Bonchev–Trinajstić information content (AvgIpc) is 3.41. The van der Waals surface area contributed by atoms with Crippen LogP contribution in [0.5, 0.6) is 0 Å². The first-order valence-electron chi connectivity index (χ1n) is 10.4. The van der Waals surface area contributed by atoms with E-state index in [9.17, 15) is 21.6 Å². The number of hydrogen-bond donors (Lipinski definition) is 0. The Hall–Kier alpha value is -2.18. The van der Waals surface area contributed by atoms with Gasteiger partial charge in [-0.3, -0.25) is 9.48 Å². The maximum absolute atomic E-state index is 13.2. The van der Waals surface area contributed by atoms with Crippen LogP contribution in [0.2, 0.25) is 0 Å². The number of carbonyl (C=O) groups is 1. The normalized spacial score (nSPS) is 19.4. The van der Waals surface area contributed by atoms with E-state index < -0.39 is 25.9 Å². The lowest BCUT2D eigenvalue weighted by atomic mass is 10.2. The first-order chi connectivity index (χ1) is 14.9. The Morgan fingerprint density at radius 3 is 2.59 bits per heavy atom. The van der Waals surface area contributed by atoms with Gasteiger partial charge in [-0.15, -0.1) is 0 Å². The van der Waals surface area contributed by atoms with Crippen LogP contribution in [0.25, 0.3) is 0 Å². The SMILES string of the molecule is CCN(C(=O)C(C)n1nc(C)c(S(=O)(=O)N(C)Cc2ccco2)c1C)C1CCS(=O)(=O)C1. The number of carbonyl (C=O) groups excluding carboxylic acids is 1. The molecule has 0 saturated carbocycles. The van der Waals surface area contributed by atoms with Gasteiger partial charge in [0.05, 0.1) is 35.7 Å². The molecule has 2 aromatic heterocycles. The summed E-state index contributed by atoms with van der Waals surface area (Å²) in [6.07, 6.45) is 1.88. The van der Waals surface area contributed by atoms with E-state index in [-0.39, 0.29) is 34.9 Å². The smallest absolute Gasteiger partial charge is 0.247 e. The van der Waals surface area contributed by atoms with E-state index in [1.807, 2.05) is 0 Å². The summed E-state index contributed by atoms with van der Waals surface area (Å²) in [5.41, 5.74) is 0.643. The summed E-state index contributed by atoms with van der Waals surface area (Å²) in [5, 5.41) is 4.37. The number of sulfonamides is 1. The molecule has 1 aliphatic heterocycles. The van der Waals surface area contributed by atoms with Crippen LogP contribution >= 0.6 is 0 Å². The lowest BCUT2D eigenvalue weighted by Crippen LogP contribution is -2.44. The maximum Gasteiger partial charge on any atom is 0.247 e. The minimum atomic E-state index is -3.89. The van der Waals surface area contributed by atoms with Crippen molar-refractivity contribution in [2.45, 2.75) is 57.6 Å². The third-order valence-corrected chi connectivity index (χ3v) is 9.69. The quantitative estimate of drug-likeness (QED) is 0.554. The van der Waals surface area contributed by atoms with Crippen LogP contribution in [0.15, 0.2) is 27.7 Å². The summed E-state index contributed by atoms with van der Waals surface area (Å²) < 4.78 is 58.1. The fourth-order valence-corrected chi connectivity index (χ4v) is 7.44. The highest BCUT2D eigenvalue weighted by atomic mass is 32.2. The van der Waals surface area contributed by atoms with Gasteiger partial charge < -0.3 is 9.32 Å². The summed E-state index contributed by atoms with van der Waals surface area (Å²) >= 11 is 0. The molecule has 0 spiro atoms. The van der Waals surface area contributed by atoms with Crippen LogP contribution < -0.4 is 0 Å². The molecule has 1 aliphatic rings. The Labute approximate surface area is 189 Å². The molecular formula is C20H30N4O6S2. The minimum absolute atomic E-state index is 0.0480. The molecule has 3 heterocycles. The van der Waals surface area contributed by atoms with Gasteiger partial charge in [0, 0.05) is 19.6 Å². The number of likely N-dealkylation sites (N-methyl/N-ethyl adjacent to an activating group) is 1. The molecule has 1 saturated heterocycles. The Balaban J connectivity index is 1.88. The van der Waals surface area contributed by atoms with E-state index in [0.29, 0.717) is 30.1 Å². The first-order valence-corrected chi connectivity index (χ1v) is 13.7. The molecule has 2 aromatic rings. The zero-order valence-corrected chi connectivity index (χ0v) is 20.6. The number of furan rings is 1. The first kappa shape index (κ1) is 24.5. The molecule has 1 amide bonds. The van der Waals surface area contributed by atoms with Crippen molar-refractivity contribution >= 4 is 25.8 Å². The van der Waals surface area contributed by atoms with Crippen LogP contribution in [0, 0.1) is 13.8 Å². The van der Waals surface area contributed by atoms with Gasteiger partial charge in [-0.05, 0) is 46.2 Å². The third-order valence-electron chi connectivity index (χ3n) is 5.88. The van der Waals surface area contributed by atoms with Gasteiger partial charge in [0.25, 0.3) is 0 Å². The van der Waals surface area contributed by atoms with Gasteiger partial charge in [0.1, 0.15) is 16.7 Å². The molecule has 0 bridgehead atoms. The Morgan fingerprint density at radius 2 is 2.06 bits per heavy atom. The monoisotopic (exact) mass is 486 g/mol. The van der Waals surface area contributed by atoms with Crippen LogP contribution in [-0.4, -0.2) is 72.9 Å². The third kappa shape index (κ3) is 4.62. The lowest BCUT2D eigenvalue weighted by molar-refractivity contribution is -0.136. The van der Waals surface area contributed by atoms with E-state index in [1.165, 1.54) is 22.3 Å². The number of aryl methyl sites for hydroxylation is 1. The molecule has 3 rings (SSSR count). The van der Waals surface area contributed by atoms with Gasteiger partial charge in [-0.1, -0.05) is 0 Å². The molecule has 0 aromatic carbocycles. The highest BCUT2D eigenvalue weighted by Crippen LogP contribution is 2.28. The zero-order valence-electron chi connectivity index (χ0n) is 19.0. The van der Waals surface area contributed by atoms with Crippen molar-refractivity contribution in [3.63, 3.8) is 0 Å². The van der Waals surface area contributed by atoms with Gasteiger partial charge >= 0.3 is 0 Å². The van der Waals surface area contributed by atoms with Crippen LogP contribution in [0.1, 0.15) is 43.5 Å². The molecule has 10 nitrogen and oxygen atoms in total. The lowest BCUT2D eigenvalue weighted by Gasteiger charge is -2.30. The summed E-state index contributed by atoms with van der Waals surface area (Å²) in [4.78, 5) is 14.9. The molecule has 12 heteroatoms. The topological polar surface area (TPSA) is 123 Å². The van der Waals surface area contributed by atoms with Gasteiger partial charge in [-0.25, -0.2) is 16.8 Å². The molecule has 0 aliphatic carbocycles. The second kappa shape index (κ2) is 8.99. The highest BCUT2D eigenvalue weighted by Gasteiger charge is 2.37. The largest absolute Gasteiger partial charge is 0.468 e. The number of sulfone groups is 1. The van der Waals surface area contributed by atoms with Gasteiger partial charge in [0.2, 0.25) is 15.9 Å². The molecule has 0 radical (unpaired) electrons. The van der Waals surface area contributed by atoms with Crippen LogP contribution in [-0.2, 0) is 31.2 Å². The van der Waals surface area contributed by atoms with E-state index in [0.717, 1.165) is 0 Å². The van der Waals surface area contributed by atoms with E-state index in [4.69, 9.17) is 4.42 Å².